The number of aromatic nitrogens is 6. The highest BCUT2D eigenvalue weighted by molar-refractivity contribution is 6.33. The van der Waals surface area contributed by atoms with Crippen LogP contribution in [0.2, 0.25) is 5.02 Å². The van der Waals surface area contributed by atoms with E-state index in [9.17, 15) is 14.6 Å². The zero-order valence-electron chi connectivity index (χ0n) is 61.3. The van der Waals surface area contributed by atoms with Crippen LogP contribution in [0.25, 0.3) is 18.2 Å². The van der Waals surface area contributed by atoms with E-state index >= 15 is 8.78 Å². The van der Waals surface area contributed by atoms with Crippen LogP contribution >= 0.6 is 11.6 Å². The molecule has 16 rings (SSSR count). The summed E-state index contributed by atoms with van der Waals surface area (Å²) in [6.07, 6.45) is 24.2. The molecule has 10 aliphatic rings. The molecule has 27 heteroatoms. The highest BCUT2D eigenvalue weighted by atomic mass is 35.5. The van der Waals surface area contributed by atoms with Crippen molar-refractivity contribution in [1.82, 2.24) is 45.4 Å². The van der Waals surface area contributed by atoms with E-state index in [2.05, 4.69) is 125 Å². The van der Waals surface area contributed by atoms with Crippen molar-refractivity contribution in [2.24, 2.45) is 20.9 Å². The van der Waals surface area contributed by atoms with Crippen LogP contribution in [0.4, 0.5) is 48.1 Å². The molecular formula is C80H90ClF3N18O5. The lowest BCUT2D eigenvalue weighted by atomic mass is 10.1. The van der Waals surface area contributed by atoms with Gasteiger partial charge in [0.2, 0.25) is 0 Å². The van der Waals surface area contributed by atoms with Gasteiger partial charge in [-0.15, -0.1) is 0 Å². The number of aliphatic imine (C=N–C) groups is 3. The maximum absolute atomic E-state index is 15.3. The largest absolute Gasteiger partial charge is 0.423 e. The maximum atomic E-state index is 15.3. The standard InChI is InChI=1S/C27H31ClN6O2.C27H30F2N6O.C26H29FN6O2/c1-3-4-19-15-23(29-17-19)30-24-16-25(34-9-7-33(8-10-34)11-12-35)32-27(31-24)36-22-6-5-20-13-18(2)14-21(20)26(22)28;1-5-6-18-9-23(30-12-18)32-24-11-25(35-13-16(3)31-17(4)14-35)34-27(33-24)36-22-10-21(28)19-7-15(2)8-20(19)26(22)29;1-15-8-17-4-5-21(25(27)20(17)9-15)35-26-31-23(30-22-10-18(12-29-22)16-2-3-16)11-24(32-26)33-7-6-28-19(13-33)14-34/h3-6,14-16,35H,7-13,17H2,1-2H3,(H,29,30,31,32);5-6,8-11,16-17,31H,7,12-14H2,1-4H3,(H,30,32,33,34);4-5,9-11,16,19,28,34H,2-3,6-8,12-14H2,1H3,(H,29,30,31,32)/b4-3-;6-5+;/t;16-,17+;. The number of allylic oxidation sites excluding steroid dienone is 5. The first-order chi connectivity index (χ1) is 51.9. The molecule has 3 saturated heterocycles. The van der Waals surface area contributed by atoms with Crippen LogP contribution in [0.5, 0.6) is 35.3 Å². The van der Waals surface area contributed by atoms with Crippen LogP contribution in [-0.4, -0.2) is 179 Å². The molecule has 6 aliphatic heterocycles. The van der Waals surface area contributed by atoms with E-state index in [1.165, 1.54) is 29.6 Å². The van der Waals surface area contributed by atoms with Gasteiger partial charge in [-0.25, -0.2) is 13.2 Å². The maximum Gasteiger partial charge on any atom is 0.326 e. The molecule has 0 bridgehead atoms. The number of amidine groups is 3. The molecule has 4 aliphatic carbocycles. The lowest BCUT2D eigenvalue weighted by Gasteiger charge is -2.37. The summed E-state index contributed by atoms with van der Waals surface area (Å²) in [6, 6.07) is 14.8. The summed E-state index contributed by atoms with van der Waals surface area (Å²) in [4.78, 5) is 49.9. The first-order valence-electron chi connectivity index (χ1n) is 36.7. The number of β-amino-alcohol motifs (C(OH)–C–C–N with tert-alkyl or cyclic N) is 1. The topological polar surface area (TPSA) is 256 Å². The molecule has 0 radical (unpaired) electrons. The van der Waals surface area contributed by atoms with E-state index in [-0.39, 0.29) is 66.4 Å². The van der Waals surface area contributed by atoms with E-state index < -0.39 is 17.5 Å². The van der Waals surface area contributed by atoms with E-state index in [1.54, 1.807) is 12.1 Å². The summed E-state index contributed by atoms with van der Waals surface area (Å²) >= 11 is 6.72. The summed E-state index contributed by atoms with van der Waals surface area (Å²) in [7, 11) is 0. The third-order valence-electron chi connectivity index (χ3n) is 19.7. The van der Waals surface area contributed by atoms with Crippen molar-refractivity contribution in [2.45, 2.75) is 98.7 Å². The molecule has 4 fully saturated rings. The SMILES string of the molecule is C/C=C/C1=CC(Nc2cc(N3C[C@@H](C)N[C@@H](C)C3)nc(Oc3cc(F)c4c(c3F)C=C(C)C4)n2)=NC1.C/C=C\C1=CC(Nc2cc(N3CCN(CCO)CC3)nc(Oc3ccc4c(c3Cl)C=C(C)C4)n2)=NC1.CC1=Cc2c(ccc(Oc3nc(NC4=NCC(C5CC5)=C4)cc(N4CCNC(CO)C4)n3)c2F)C1. The third-order valence-corrected chi connectivity index (χ3v) is 20.1. The second-order valence-electron chi connectivity index (χ2n) is 28.6. The van der Waals surface area contributed by atoms with Crippen LogP contribution in [-0.2, 0) is 19.3 Å². The van der Waals surface area contributed by atoms with Crippen LogP contribution in [0.1, 0.15) is 94.7 Å². The van der Waals surface area contributed by atoms with E-state index in [0.717, 1.165) is 129 Å². The number of piperazine rings is 3. The van der Waals surface area contributed by atoms with Gasteiger partial charge in [0.1, 0.15) is 64.0 Å². The Kier molecular flexibility index (Phi) is 22.7. The highest BCUT2D eigenvalue weighted by Crippen LogP contribution is 2.42. The zero-order chi connectivity index (χ0) is 74.4. The summed E-state index contributed by atoms with van der Waals surface area (Å²) in [5.74, 6) is 5.38. The Morgan fingerprint density at radius 1 is 0.561 bits per heavy atom. The fourth-order valence-corrected chi connectivity index (χ4v) is 14.8. The summed E-state index contributed by atoms with van der Waals surface area (Å²) in [6.45, 7) is 23.7. The van der Waals surface area contributed by atoms with Crippen molar-refractivity contribution < 1.29 is 37.6 Å². The number of fused-ring (bicyclic) bond motifs is 3. The quantitative estimate of drug-likeness (QED) is 0.0422. The number of aliphatic hydroxyl groups excluding tert-OH is 2. The highest BCUT2D eigenvalue weighted by Gasteiger charge is 2.31. The number of nitrogens with one attached hydrogen (secondary N) is 5. The van der Waals surface area contributed by atoms with Crippen molar-refractivity contribution in [2.75, 3.05) is 129 Å². The number of halogens is 4. The van der Waals surface area contributed by atoms with E-state index in [1.807, 2.05) is 101 Å². The monoisotopic (exact) mass is 1470 g/mol. The number of nitrogens with zero attached hydrogens (tertiary/aromatic N) is 13. The van der Waals surface area contributed by atoms with Crippen molar-refractivity contribution in [3.05, 3.63) is 180 Å². The number of hydrogen-bond acceptors (Lipinski definition) is 23. The molecule has 0 amide bonds. The van der Waals surface area contributed by atoms with Gasteiger partial charge in [0.25, 0.3) is 0 Å². The smallest absolute Gasteiger partial charge is 0.326 e. The van der Waals surface area contributed by atoms with E-state index in [0.29, 0.717) is 95.3 Å². The number of anilines is 6. The average molecular weight is 1480 g/mol. The van der Waals surface area contributed by atoms with Crippen molar-refractivity contribution >= 4 is 82.2 Å². The average Bonchev–Trinajstić information content (AvgIpc) is 1.69. The Morgan fingerprint density at radius 2 is 1.07 bits per heavy atom. The summed E-state index contributed by atoms with van der Waals surface area (Å²) in [5.41, 5.74) is 11.2. The first-order valence-corrected chi connectivity index (χ1v) is 37.1. The molecule has 1 saturated carbocycles. The Bertz CT molecular complexity index is 4760. The molecule has 23 nitrogen and oxygen atoms in total. The Morgan fingerprint density at radius 3 is 1.66 bits per heavy atom. The molecule has 3 aromatic carbocycles. The second kappa shape index (κ2) is 33.0. The van der Waals surface area contributed by atoms with Gasteiger partial charge in [0.15, 0.2) is 23.1 Å². The number of benzene rings is 3. The predicted octanol–water partition coefficient (Wildman–Crippen LogP) is 12.6. The third kappa shape index (κ3) is 18.0. The summed E-state index contributed by atoms with van der Waals surface area (Å²) in [5, 5.41) is 36.1. The lowest BCUT2D eigenvalue weighted by molar-refractivity contribution is 0.188. The minimum absolute atomic E-state index is 0.0366. The van der Waals surface area contributed by atoms with E-state index in [4.69, 9.17) is 30.8 Å². The van der Waals surface area contributed by atoms with Crippen LogP contribution in [0, 0.1) is 23.4 Å². The van der Waals surface area contributed by atoms with Crippen molar-refractivity contribution in [3.63, 3.8) is 0 Å². The fourth-order valence-electron chi connectivity index (χ4n) is 14.5. The van der Waals surface area contributed by atoms with Crippen LogP contribution in [0.15, 0.2) is 139 Å². The minimum Gasteiger partial charge on any atom is -0.423 e. The van der Waals surface area contributed by atoms with Gasteiger partial charge in [0.05, 0.1) is 37.9 Å². The Balaban J connectivity index is 0.000000135. The Labute approximate surface area is 626 Å². The fraction of sp³-hybridized carbons (Fsp3) is 0.388. The number of ether oxygens (including phenoxy) is 3. The molecule has 1 unspecified atom stereocenters. The van der Waals surface area contributed by atoms with Gasteiger partial charge in [0, 0.05) is 130 Å². The summed E-state index contributed by atoms with van der Waals surface area (Å²) < 4.78 is 63.1. The molecule has 3 atom stereocenters. The number of hydrogen-bond donors (Lipinski definition) is 7. The van der Waals surface area contributed by atoms with Crippen LogP contribution < -0.4 is 55.5 Å². The predicted molar refractivity (Wildman–Crippen MR) is 418 cm³/mol. The second-order valence-corrected chi connectivity index (χ2v) is 28.9. The Hall–Kier alpha value is -10.1. The molecule has 6 aromatic rings. The van der Waals surface area contributed by atoms with Crippen molar-refractivity contribution in [3.8, 4) is 35.3 Å². The van der Waals surface area contributed by atoms with Gasteiger partial charge in [-0.1, -0.05) is 83.0 Å². The molecular weight excluding hydrogens is 1390 g/mol. The molecule has 7 N–H and O–H groups in total. The minimum atomic E-state index is -0.615. The number of aliphatic hydroxyl groups is 2. The molecule has 3 aromatic heterocycles. The molecule has 558 valence electrons. The van der Waals surface area contributed by atoms with Crippen molar-refractivity contribution in [1.29, 1.82) is 0 Å². The zero-order valence-corrected chi connectivity index (χ0v) is 62.0. The molecule has 107 heavy (non-hydrogen) atoms. The van der Waals surface area contributed by atoms with Gasteiger partial charge < -0.3 is 65.7 Å². The first kappa shape index (κ1) is 73.8. The van der Waals surface area contributed by atoms with Crippen LogP contribution in [0.3, 0.4) is 0 Å². The molecule has 9 heterocycles. The van der Waals surface area contributed by atoms with Gasteiger partial charge in [-0.2, -0.15) is 29.9 Å². The van der Waals surface area contributed by atoms with Gasteiger partial charge >= 0.3 is 18.0 Å². The molecule has 0 spiro atoms. The normalized spacial score (nSPS) is 20.2. The number of rotatable bonds is 18. The van der Waals surface area contributed by atoms with Gasteiger partial charge in [-0.05, 0) is 145 Å². The van der Waals surface area contributed by atoms with Gasteiger partial charge in [-0.3, -0.25) is 19.9 Å². The lowest BCUT2D eigenvalue weighted by Crippen LogP contribution is -2.54.